The van der Waals surface area contributed by atoms with Crippen LogP contribution in [0.5, 0.6) is 11.5 Å². The number of fused-ring (bicyclic) bond motifs is 1. The molecule has 0 fully saturated rings. The zero-order chi connectivity index (χ0) is 21.0. The topological polar surface area (TPSA) is 72.1 Å². The van der Waals surface area contributed by atoms with Crippen molar-refractivity contribution in [2.24, 2.45) is 0 Å². The second-order valence-corrected chi connectivity index (χ2v) is 7.48. The molecule has 31 heavy (non-hydrogen) atoms. The molecule has 0 aliphatic carbocycles. The summed E-state index contributed by atoms with van der Waals surface area (Å²) in [7, 11) is 1.66. The summed E-state index contributed by atoms with van der Waals surface area (Å²) in [6.45, 7) is 2.35. The third kappa shape index (κ3) is 4.15. The summed E-state index contributed by atoms with van der Waals surface area (Å²) >= 11 is 0. The molecule has 4 aromatic rings. The lowest BCUT2D eigenvalue weighted by Gasteiger charge is -2.15. The minimum atomic E-state index is 0.501. The van der Waals surface area contributed by atoms with Gasteiger partial charge in [0.1, 0.15) is 23.8 Å². The summed E-state index contributed by atoms with van der Waals surface area (Å²) in [6.07, 6.45) is 5.11. The van der Waals surface area contributed by atoms with Gasteiger partial charge in [-0.25, -0.2) is 9.97 Å². The summed E-state index contributed by atoms with van der Waals surface area (Å²) < 4.78 is 11.1. The maximum atomic E-state index is 5.93. The van der Waals surface area contributed by atoms with Gasteiger partial charge in [-0.05, 0) is 66.6 Å². The molecule has 0 atom stereocenters. The van der Waals surface area contributed by atoms with E-state index in [-0.39, 0.29) is 0 Å². The molecule has 0 saturated carbocycles. The molecule has 0 amide bonds. The number of rotatable bonds is 6. The molecule has 0 unspecified atom stereocenters. The van der Waals surface area contributed by atoms with Crippen LogP contribution in [0.25, 0.3) is 28.0 Å². The first-order valence-corrected chi connectivity index (χ1v) is 10.4. The molecule has 6 heteroatoms. The first kappa shape index (κ1) is 19.3. The van der Waals surface area contributed by atoms with E-state index in [2.05, 4.69) is 16.4 Å². The number of nitrogens with zero attached hydrogens (tertiary/aromatic N) is 2. The number of benzene rings is 2. The molecule has 3 heterocycles. The Bertz CT molecular complexity index is 1210. The van der Waals surface area contributed by atoms with Crippen molar-refractivity contribution >= 4 is 16.6 Å². The van der Waals surface area contributed by atoms with E-state index in [1.807, 2.05) is 60.8 Å². The first-order chi connectivity index (χ1) is 15.3. The smallest absolute Gasteiger partial charge is 0.162 e. The van der Waals surface area contributed by atoms with Crippen molar-refractivity contribution in [1.29, 1.82) is 0 Å². The molecule has 2 N–H and O–H groups in total. The van der Waals surface area contributed by atoms with E-state index < -0.39 is 0 Å². The molecular weight excluding hydrogens is 388 g/mol. The summed E-state index contributed by atoms with van der Waals surface area (Å²) in [5, 5.41) is 4.43. The maximum absolute atomic E-state index is 5.93. The summed E-state index contributed by atoms with van der Waals surface area (Å²) in [4.78, 5) is 12.9. The SMILES string of the molecule is COc1ccc(COc2ccc(-c3nc(C4=CCNCC4)c4cc[nH]c4n3)cc2)cc1. The van der Waals surface area contributed by atoms with Gasteiger partial charge in [-0.2, -0.15) is 0 Å². The molecule has 2 aromatic carbocycles. The van der Waals surface area contributed by atoms with E-state index in [4.69, 9.17) is 19.4 Å². The number of aromatic amines is 1. The van der Waals surface area contributed by atoms with Crippen LogP contribution in [0.3, 0.4) is 0 Å². The fraction of sp³-hybridized carbons (Fsp3) is 0.200. The minimum absolute atomic E-state index is 0.501. The summed E-state index contributed by atoms with van der Waals surface area (Å²) in [6, 6.07) is 17.9. The van der Waals surface area contributed by atoms with Crippen molar-refractivity contribution in [1.82, 2.24) is 20.3 Å². The van der Waals surface area contributed by atoms with Crippen LogP contribution in [0.2, 0.25) is 0 Å². The average Bonchev–Trinajstić information content (AvgIpc) is 3.32. The Labute approximate surface area is 181 Å². The van der Waals surface area contributed by atoms with Crippen LogP contribution in [0.1, 0.15) is 17.7 Å². The van der Waals surface area contributed by atoms with Crippen LogP contribution in [-0.2, 0) is 6.61 Å². The van der Waals surface area contributed by atoms with Gasteiger partial charge in [0.25, 0.3) is 0 Å². The molecule has 1 aliphatic heterocycles. The zero-order valence-electron chi connectivity index (χ0n) is 17.4. The molecule has 5 rings (SSSR count). The van der Waals surface area contributed by atoms with Gasteiger partial charge in [0.05, 0.1) is 12.8 Å². The van der Waals surface area contributed by atoms with Crippen molar-refractivity contribution in [2.45, 2.75) is 13.0 Å². The number of nitrogens with one attached hydrogen (secondary N) is 2. The highest BCUT2D eigenvalue weighted by Gasteiger charge is 2.15. The van der Waals surface area contributed by atoms with Crippen LogP contribution >= 0.6 is 0 Å². The van der Waals surface area contributed by atoms with Crippen LogP contribution in [0.15, 0.2) is 66.9 Å². The lowest BCUT2D eigenvalue weighted by Crippen LogP contribution is -2.20. The van der Waals surface area contributed by atoms with E-state index in [0.717, 1.165) is 58.9 Å². The van der Waals surface area contributed by atoms with E-state index in [9.17, 15) is 0 Å². The van der Waals surface area contributed by atoms with Crippen molar-refractivity contribution in [3.8, 4) is 22.9 Å². The molecule has 0 radical (unpaired) electrons. The quantitative estimate of drug-likeness (QED) is 0.485. The van der Waals surface area contributed by atoms with Gasteiger partial charge in [0.15, 0.2) is 5.82 Å². The van der Waals surface area contributed by atoms with E-state index in [1.54, 1.807) is 7.11 Å². The predicted octanol–water partition coefficient (Wildman–Crippen LogP) is 4.59. The standard InChI is InChI=1S/C25H24N4O2/c1-30-20-6-2-17(3-7-20)16-31-21-8-4-19(5-9-21)24-28-23(18-10-13-26-14-11-18)22-12-15-27-25(22)29-24/h2-10,12,15,26H,11,13-14,16H2,1H3,(H,27,28,29). The van der Waals surface area contributed by atoms with Crippen molar-refractivity contribution in [2.75, 3.05) is 20.2 Å². The van der Waals surface area contributed by atoms with Gasteiger partial charge in [0, 0.05) is 23.7 Å². The zero-order valence-corrected chi connectivity index (χ0v) is 17.4. The predicted molar refractivity (Wildman–Crippen MR) is 122 cm³/mol. The molecule has 0 spiro atoms. The van der Waals surface area contributed by atoms with Gasteiger partial charge in [-0.3, -0.25) is 0 Å². The Kier molecular flexibility index (Phi) is 5.37. The summed E-state index contributed by atoms with van der Waals surface area (Å²) in [5.41, 5.74) is 5.20. The van der Waals surface area contributed by atoms with Gasteiger partial charge in [-0.1, -0.05) is 18.2 Å². The largest absolute Gasteiger partial charge is 0.497 e. The van der Waals surface area contributed by atoms with E-state index in [1.165, 1.54) is 5.57 Å². The van der Waals surface area contributed by atoms with Crippen LogP contribution in [-0.4, -0.2) is 35.2 Å². The third-order valence-corrected chi connectivity index (χ3v) is 5.46. The summed E-state index contributed by atoms with van der Waals surface area (Å²) in [5.74, 6) is 2.36. The Balaban J connectivity index is 1.37. The Hall–Kier alpha value is -3.64. The van der Waals surface area contributed by atoms with Crippen molar-refractivity contribution in [3.05, 3.63) is 78.1 Å². The number of methoxy groups -OCH3 is 1. The molecule has 2 aromatic heterocycles. The second kappa shape index (κ2) is 8.62. The molecular formula is C25H24N4O2. The van der Waals surface area contributed by atoms with Crippen LogP contribution < -0.4 is 14.8 Å². The van der Waals surface area contributed by atoms with Gasteiger partial charge >= 0.3 is 0 Å². The Morgan fingerprint density at radius 3 is 2.48 bits per heavy atom. The number of H-pyrrole nitrogens is 1. The van der Waals surface area contributed by atoms with Crippen LogP contribution in [0.4, 0.5) is 0 Å². The monoisotopic (exact) mass is 412 g/mol. The van der Waals surface area contributed by atoms with Gasteiger partial charge in [0.2, 0.25) is 0 Å². The fourth-order valence-corrected chi connectivity index (χ4v) is 3.74. The highest BCUT2D eigenvalue weighted by Crippen LogP contribution is 2.29. The number of ether oxygens (including phenoxy) is 2. The maximum Gasteiger partial charge on any atom is 0.162 e. The van der Waals surface area contributed by atoms with E-state index >= 15 is 0 Å². The lowest BCUT2D eigenvalue weighted by atomic mass is 10.0. The van der Waals surface area contributed by atoms with Gasteiger partial charge in [-0.15, -0.1) is 0 Å². The molecule has 156 valence electrons. The first-order valence-electron chi connectivity index (χ1n) is 10.4. The third-order valence-electron chi connectivity index (χ3n) is 5.46. The Morgan fingerprint density at radius 1 is 0.935 bits per heavy atom. The van der Waals surface area contributed by atoms with E-state index in [0.29, 0.717) is 12.4 Å². The van der Waals surface area contributed by atoms with Crippen LogP contribution in [0, 0.1) is 0 Å². The average molecular weight is 412 g/mol. The number of hydrogen-bond donors (Lipinski definition) is 2. The normalized spacial score (nSPS) is 13.8. The molecule has 6 nitrogen and oxygen atoms in total. The highest BCUT2D eigenvalue weighted by molar-refractivity contribution is 5.89. The highest BCUT2D eigenvalue weighted by atomic mass is 16.5. The van der Waals surface area contributed by atoms with Crippen molar-refractivity contribution in [3.63, 3.8) is 0 Å². The molecule has 1 aliphatic rings. The number of aromatic nitrogens is 3. The second-order valence-electron chi connectivity index (χ2n) is 7.48. The minimum Gasteiger partial charge on any atom is -0.497 e. The Morgan fingerprint density at radius 2 is 1.74 bits per heavy atom. The molecule has 0 bridgehead atoms. The fourth-order valence-electron chi connectivity index (χ4n) is 3.74. The van der Waals surface area contributed by atoms with Crippen molar-refractivity contribution < 1.29 is 9.47 Å². The number of hydrogen-bond acceptors (Lipinski definition) is 5. The lowest BCUT2D eigenvalue weighted by molar-refractivity contribution is 0.306. The van der Waals surface area contributed by atoms with Gasteiger partial charge < -0.3 is 19.8 Å². The molecule has 0 saturated heterocycles.